The number of hydrogen-bond donors (Lipinski definition) is 1. The predicted octanol–water partition coefficient (Wildman–Crippen LogP) is 6.18. The Balaban J connectivity index is 0.000000363. The Morgan fingerprint density at radius 1 is 1.16 bits per heavy atom. The first-order valence-electron chi connectivity index (χ1n) is 12.6. The van der Waals surface area contributed by atoms with E-state index in [-0.39, 0.29) is 6.09 Å². The molecule has 1 saturated heterocycles. The van der Waals surface area contributed by atoms with Gasteiger partial charge in [-0.05, 0) is 57.2 Å². The summed E-state index contributed by atoms with van der Waals surface area (Å²) in [6.45, 7) is 13.0. The van der Waals surface area contributed by atoms with Crippen molar-refractivity contribution in [2.24, 2.45) is 12.8 Å². The van der Waals surface area contributed by atoms with Gasteiger partial charge in [0.2, 0.25) is 0 Å². The second-order valence-electron chi connectivity index (χ2n) is 9.95. The van der Waals surface area contributed by atoms with Gasteiger partial charge in [-0.1, -0.05) is 64.0 Å². The van der Waals surface area contributed by atoms with Crippen molar-refractivity contribution >= 4 is 28.1 Å². The topological polar surface area (TPSA) is 76.6 Å². The summed E-state index contributed by atoms with van der Waals surface area (Å²) < 4.78 is 7.49. The molecule has 1 aliphatic carbocycles. The monoisotopic (exact) mass is 571 g/mol. The lowest BCUT2D eigenvalue weighted by Crippen LogP contribution is -2.50. The lowest BCUT2D eigenvalue weighted by molar-refractivity contribution is 0.0102. The summed E-state index contributed by atoms with van der Waals surface area (Å²) in [4.78, 5) is 22.2. The van der Waals surface area contributed by atoms with Crippen LogP contribution in [-0.2, 0) is 11.8 Å². The molecule has 1 fully saturated rings. The van der Waals surface area contributed by atoms with Gasteiger partial charge in [0, 0.05) is 57.9 Å². The molecule has 1 unspecified atom stereocenters. The molecule has 7 nitrogen and oxygen atoms in total. The van der Waals surface area contributed by atoms with E-state index in [1.165, 1.54) is 22.9 Å². The molecule has 1 aliphatic heterocycles. The zero-order valence-electron chi connectivity index (χ0n) is 23.0. The van der Waals surface area contributed by atoms with Crippen molar-refractivity contribution in [3.8, 4) is 0 Å². The molecule has 2 aromatic rings. The number of carbonyl (C=O) groups excluding carboxylic acids is 1. The Bertz CT molecular complexity index is 1060. The Morgan fingerprint density at radius 3 is 2.30 bits per heavy atom. The number of allylic oxidation sites excluding steroid dienone is 2. The Morgan fingerprint density at radius 2 is 1.81 bits per heavy atom. The number of ether oxygens (including phenoxy) is 1. The zero-order chi connectivity index (χ0) is 27.4. The summed E-state index contributed by atoms with van der Waals surface area (Å²) in [5.74, 6) is 1.06. The van der Waals surface area contributed by atoms with E-state index in [4.69, 9.17) is 10.5 Å². The lowest BCUT2D eigenvalue weighted by atomic mass is 9.96. The van der Waals surface area contributed by atoms with Crippen LogP contribution in [0.2, 0.25) is 0 Å². The van der Waals surface area contributed by atoms with Crippen molar-refractivity contribution in [3.63, 3.8) is 0 Å². The molecule has 1 amide bonds. The van der Waals surface area contributed by atoms with Crippen LogP contribution in [0.25, 0.3) is 6.08 Å². The normalized spacial score (nSPS) is 18.8. The molecule has 202 valence electrons. The smallest absolute Gasteiger partial charge is 0.410 e. The van der Waals surface area contributed by atoms with Crippen LogP contribution in [0.4, 0.5) is 4.79 Å². The molecule has 2 aliphatic rings. The van der Waals surface area contributed by atoms with Gasteiger partial charge in [-0.2, -0.15) is 0 Å². The van der Waals surface area contributed by atoms with E-state index in [0.717, 1.165) is 25.3 Å². The maximum Gasteiger partial charge on any atom is 0.410 e. The minimum atomic E-state index is -0.444. The SMILES string of the molecule is C/C=C1/C=Cc2ccccc2C(N2CCN(C(=O)OC(C)(C)C)CC2)C1.Cc1nccn1C.N/C=C/Br. The maximum atomic E-state index is 12.3. The second-order valence-corrected chi connectivity index (χ2v) is 10.5. The minimum Gasteiger partial charge on any atom is -0.444 e. The van der Waals surface area contributed by atoms with Gasteiger partial charge in [0.25, 0.3) is 0 Å². The Kier molecular flexibility index (Phi) is 12.1. The van der Waals surface area contributed by atoms with Gasteiger partial charge in [0.05, 0.1) is 0 Å². The van der Waals surface area contributed by atoms with Crippen LogP contribution in [-0.4, -0.2) is 57.2 Å². The van der Waals surface area contributed by atoms with E-state index < -0.39 is 5.60 Å². The number of halogens is 1. The predicted molar refractivity (Wildman–Crippen MR) is 156 cm³/mol. The average Bonchev–Trinajstić information content (AvgIpc) is 3.15. The van der Waals surface area contributed by atoms with Crippen molar-refractivity contribution in [3.05, 3.63) is 82.5 Å². The van der Waals surface area contributed by atoms with Gasteiger partial charge < -0.3 is 19.9 Å². The van der Waals surface area contributed by atoms with Crippen LogP contribution >= 0.6 is 15.9 Å². The second kappa shape index (κ2) is 14.8. The number of imidazole rings is 1. The number of piperazine rings is 1. The highest BCUT2D eigenvalue weighted by molar-refractivity contribution is 9.11. The van der Waals surface area contributed by atoms with Crippen LogP contribution in [0.1, 0.15) is 57.1 Å². The number of nitrogens with two attached hydrogens (primary N) is 1. The van der Waals surface area contributed by atoms with Crippen molar-refractivity contribution < 1.29 is 9.53 Å². The summed E-state index contributed by atoms with van der Waals surface area (Å²) >= 11 is 2.94. The number of amides is 1. The molecule has 1 aromatic carbocycles. The van der Waals surface area contributed by atoms with Crippen LogP contribution in [0.5, 0.6) is 0 Å². The van der Waals surface area contributed by atoms with E-state index in [0.29, 0.717) is 19.1 Å². The van der Waals surface area contributed by atoms with Gasteiger partial charge in [0.1, 0.15) is 11.4 Å². The molecular weight excluding hydrogens is 530 g/mol. The third kappa shape index (κ3) is 9.85. The van der Waals surface area contributed by atoms with E-state index >= 15 is 0 Å². The highest BCUT2D eigenvalue weighted by Crippen LogP contribution is 2.35. The average molecular weight is 573 g/mol. The van der Waals surface area contributed by atoms with Crippen molar-refractivity contribution in [1.82, 2.24) is 19.4 Å². The van der Waals surface area contributed by atoms with Crippen LogP contribution in [0, 0.1) is 6.92 Å². The molecule has 0 spiro atoms. The van der Waals surface area contributed by atoms with Gasteiger partial charge in [-0.25, -0.2) is 9.78 Å². The molecule has 2 heterocycles. The number of nitrogens with zero attached hydrogens (tertiary/aromatic N) is 4. The van der Waals surface area contributed by atoms with Crippen molar-refractivity contribution in [2.45, 2.75) is 52.7 Å². The Hall–Kier alpha value is -2.84. The first kappa shape index (κ1) is 30.4. The summed E-state index contributed by atoms with van der Waals surface area (Å²) in [5, 5.41) is 0. The quantitative estimate of drug-likeness (QED) is 0.442. The fraction of sp³-hybridized carbons (Fsp3) is 0.448. The lowest BCUT2D eigenvalue weighted by Gasteiger charge is -2.40. The van der Waals surface area contributed by atoms with Gasteiger partial charge in [-0.15, -0.1) is 0 Å². The molecule has 1 aromatic heterocycles. The van der Waals surface area contributed by atoms with E-state index in [9.17, 15) is 4.79 Å². The van der Waals surface area contributed by atoms with E-state index in [2.05, 4.69) is 75.2 Å². The summed E-state index contributed by atoms with van der Waals surface area (Å²) in [5.41, 5.74) is 8.39. The minimum absolute atomic E-state index is 0.200. The highest BCUT2D eigenvalue weighted by Gasteiger charge is 2.30. The fourth-order valence-corrected chi connectivity index (χ4v) is 4.09. The number of aromatic nitrogens is 2. The van der Waals surface area contributed by atoms with Crippen molar-refractivity contribution in [1.29, 1.82) is 0 Å². The third-order valence-corrected chi connectivity index (χ3v) is 6.48. The maximum absolute atomic E-state index is 12.3. The molecule has 0 saturated carbocycles. The first-order chi connectivity index (χ1) is 17.6. The largest absolute Gasteiger partial charge is 0.444 e. The molecule has 4 rings (SSSR count). The van der Waals surface area contributed by atoms with Crippen LogP contribution in [0.3, 0.4) is 0 Å². The first-order valence-corrected chi connectivity index (χ1v) is 13.6. The highest BCUT2D eigenvalue weighted by atomic mass is 79.9. The zero-order valence-corrected chi connectivity index (χ0v) is 24.6. The third-order valence-electron chi connectivity index (χ3n) is 6.17. The van der Waals surface area contributed by atoms with Gasteiger partial charge >= 0.3 is 6.09 Å². The molecular formula is C29H42BrN5O2. The Labute approximate surface area is 230 Å². The van der Waals surface area contributed by atoms with Crippen LogP contribution in [0.15, 0.2) is 65.6 Å². The molecule has 1 atom stereocenters. The number of rotatable bonds is 1. The number of benzene rings is 1. The molecule has 0 radical (unpaired) electrons. The number of carbonyl (C=O) groups is 1. The van der Waals surface area contributed by atoms with E-state index in [1.807, 2.05) is 50.4 Å². The molecule has 8 heteroatoms. The number of fused-ring (bicyclic) bond motifs is 1. The summed E-state index contributed by atoms with van der Waals surface area (Å²) in [6, 6.07) is 9.00. The molecule has 37 heavy (non-hydrogen) atoms. The van der Waals surface area contributed by atoms with Crippen LogP contribution < -0.4 is 5.73 Å². The molecule has 2 N–H and O–H groups in total. The fourth-order valence-electron chi connectivity index (χ4n) is 4.09. The van der Waals surface area contributed by atoms with E-state index in [1.54, 1.807) is 11.2 Å². The number of aryl methyl sites for hydroxylation is 2. The molecule has 0 bridgehead atoms. The summed E-state index contributed by atoms with van der Waals surface area (Å²) in [6.07, 6.45) is 12.6. The van der Waals surface area contributed by atoms with Gasteiger partial charge in [0.15, 0.2) is 0 Å². The number of hydrogen-bond acceptors (Lipinski definition) is 5. The van der Waals surface area contributed by atoms with Crippen molar-refractivity contribution in [2.75, 3.05) is 26.2 Å². The van der Waals surface area contributed by atoms with Gasteiger partial charge in [-0.3, -0.25) is 4.90 Å². The standard InChI is InChI=1S/C22H30N2O2.C5H8N2.C2H4BrN/c1-5-17-10-11-18-8-6-7-9-19(18)20(16-17)23-12-14-24(15-13-23)21(25)26-22(2,3)4;1-5-6-3-4-7(5)2;3-1-2-4/h5-11,20H,12-16H2,1-4H3;3-4H,1-2H3;1-2H,4H2/b17-5-;;2-1+. The summed E-state index contributed by atoms with van der Waals surface area (Å²) in [7, 11) is 1.97.